The number of alkyl halides is 2. The molecule has 0 unspecified atom stereocenters. The van der Waals surface area contributed by atoms with Gasteiger partial charge in [0.15, 0.2) is 4.33 Å². The first kappa shape index (κ1) is 14.0. The minimum Gasteiger partial charge on any atom is -0.0909 e. The van der Waals surface area contributed by atoms with Crippen LogP contribution in [0.15, 0.2) is 60.7 Å². The molecule has 0 amide bonds. The zero-order valence-corrected chi connectivity index (χ0v) is 12.5. The molecule has 16 heavy (non-hydrogen) atoms. The van der Waals surface area contributed by atoms with Crippen LogP contribution < -0.4 is 0 Å². The van der Waals surface area contributed by atoms with Crippen LogP contribution in [0.5, 0.6) is 0 Å². The van der Waals surface area contributed by atoms with Gasteiger partial charge >= 0.3 is 0 Å². The standard InChI is InChI=1S/C13H10Cl2.Zr/c14-13(15,11-7-3-1-4-8-11)12-9-5-2-6-10-12;/h1-10H;. The second-order valence-electron chi connectivity index (χ2n) is 3.31. The van der Waals surface area contributed by atoms with Crippen LogP contribution in [0.4, 0.5) is 0 Å². The van der Waals surface area contributed by atoms with Crippen molar-refractivity contribution in [2.24, 2.45) is 0 Å². The number of rotatable bonds is 2. The monoisotopic (exact) mass is 326 g/mol. The Kier molecular flexibility index (Phi) is 5.24. The molecule has 0 saturated carbocycles. The van der Waals surface area contributed by atoms with Gasteiger partial charge in [0.25, 0.3) is 0 Å². The second-order valence-corrected chi connectivity index (χ2v) is 4.63. The average Bonchev–Trinajstić information content (AvgIpc) is 2.31. The summed E-state index contributed by atoms with van der Waals surface area (Å²) >= 11 is 12.7. The van der Waals surface area contributed by atoms with Crippen molar-refractivity contribution >= 4 is 23.2 Å². The first-order chi connectivity index (χ1) is 7.21. The predicted octanol–water partition coefficient (Wildman–Crippen LogP) is 4.36. The Balaban J connectivity index is 0.00000128. The molecule has 2 aromatic carbocycles. The van der Waals surface area contributed by atoms with Gasteiger partial charge < -0.3 is 0 Å². The molecule has 0 aliphatic heterocycles. The Morgan fingerprint density at radius 1 is 0.625 bits per heavy atom. The maximum atomic E-state index is 6.35. The Morgan fingerprint density at radius 3 is 1.25 bits per heavy atom. The van der Waals surface area contributed by atoms with Gasteiger partial charge in [0.1, 0.15) is 0 Å². The van der Waals surface area contributed by atoms with Crippen LogP contribution in [0.1, 0.15) is 11.1 Å². The van der Waals surface area contributed by atoms with E-state index in [1.807, 2.05) is 60.7 Å². The molecule has 0 saturated heterocycles. The minimum absolute atomic E-state index is 0. The van der Waals surface area contributed by atoms with Gasteiger partial charge in [-0.2, -0.15) is 0 Å². The summed E-state index contributed by atoms with van der Waals surface area (Å²) in [5, 5.41) is 0. The van der Waals surface area contributed by atoms with Gasteiger partial charge in [-0.25, -0.2) is 0 Å². The van der Waals surface area contributed by atoms with Crippen molar-refractivity contribution in [2.45, 2.75) is 4.33 Å². The topological polar surface area (TPSA) is 0 Å². The summed E-state index contributed by atoms with van der Waals surface area (Å²) in [6.07, 6.45) is 0. The number of benzene rings is 2. The van der Waals surface area contributed by atoms with Crippen molar-refractivity contribution in [3.05, 3.63) is 71.8 Å². The fraction of sp³-hybridized carbons (Fsp3) is 0.0769. The van der Waals surface area contributed by atoms with Gasteiger partial charge in [-0.1, -0.05) is 83.9 Å². The van der Waals surface area contributed by atoms with Crippen molar-refractivity contribution in [3.8, 4) is 0 Å². The van der Waals surface area contributed by atoms with Crippen LogP contribution >= 0.6 is 23.2 Å². The molecule has 0 atom stereocenters. The fourth-order valence-corrected chi connectivity index (χ4v) is 1.97. The van der Waals surface area contributed by atoms with E-state index in [9.17, 15) is 0 Å². The van der Waals surface area contributed by atoms with Crippen LogP contribution in [0.25, 0.3) is 0 Å². The van der Waals surface area contributed by atoms with Crippen LogP contribution in [0, 0.1) is 0 Å². The smallest absolute Gasteiger partial charge is 0.0909 e. The van der Waals surface area contributed by atoms with E-state index in [1.165, 1.54) is 0 Å². The van der Waals surface area contributed by atoms with E-state index in [1.54, 1.807) is 0 Å². The zero-order chi connectivity index (χ0) is 10.7. The van der Waals surface area contributed by atoms with Crippen LogP contribution in [-0.4, -0.2) is 0 Å². The summed E-state index contributed by atoms with van der Waals surface area (Å²) in [5.74, 6) is 0. The molecule has 0 heterocycles. The number of hydrogen-bond acceptors (Lipinski definition) is 0. The third kappa shape index (κ3) is 2.97. The zero-order valence-electron chi connectivity index (χ0n) is 8.53. The molecule has 2 aromatic rings. The van der Waals surface area contributed by atoms with Crippen molar-refractivity contribution in [1.29, 1.82) is 0 Å². The van der Waals surface area contributed by atoms with Crippen molar-refractivity contribution < 1.29 is 26.2 Å². The second kappa shape index (κ2) is 6.00. The molecule has 0 fully saturated rings. The summed E-state index contributed by atoms with van der Waals surface area (Å²) in [6, 6.07) is 19.3. The Morgan fingerprint density at radius 2 is 0.938 bits per heavy atom. The summed E-state index contributed by atoms with van der Waals surface area (Å²) in [6.45, 7) is 0. The molecule has 80 valence electrons. The van der Waals surface area contributed by atoms with Gasteiger partial charge in [0.2, 0.25) is 0 Å². The molecule has 2 rings (SSSR count). The van der Waals surface area contributed by atoms with E-state index in [-0.39, 0.29) is 26.2 Å². The maximum absolute atomic E-state index is 6.35. The molecule has 0 aliphatic carbocycles. The van der Waals surface area contributed by atoms with Crippen LogP contribution in [0.3, 0.4) is 0 Å². The van der Waals surface area contributed by atoms with Gasteiger partial charge in [-0.15, -0.1) is 0 Å². The average molecular weight is 328 g/mol. The minimum atomic E-state index is -0.970. The van der Waals surface area contributed by atoms with Crippen molar-refractivity contribution in [2.75, 3.05) is 0 Å². The quantitative estimate of drug-likeness (QED) is 0.719. The molecule has 3 heteroatoms. The number of halogens is 2. The largest absolute Gasteiger partial charge is 0.168 e. The maximum Gasteiger partial charge on any atom is 0.168 e. The van der Waals surface area contributed by atoms with Crippen molar-refractivity contribution in [1.82, 2.24) is 0 Å². The van der Waals surface area contributed by atoms with E-state index in [4.69, 9.17) is 23.2 Å². The van der Waals surface area contributed by atoms with E-state index < -0.39 is 4.33 Å². The Bertz CT molecular complexity index is 385. The summed E-state index contributed by atoms with van der Waals surface area (Å²) in [4.78, 5) is 0. The van der Waals surface area contributed by atoms with E-state index >= 15 is 0 Å². The van der Waals surface area contributed by atoms with Crippen LogP contribution in [-0.2, 0) is 30.5 Å². The Labute approximate surface area is 125 Å². The first-order valence-corrected chi connectivity index (χ1v) is 5.46. The third-order valence-corrected chi connectivity index (χ3v) is 3.15. The molecule has 0 aliphatic rings. The molecule has 0 nitrogen and oxygen atoms in total. The van der Waals surface area contributed by atoms with Crippen molar-refractivity contribution in [3.63, 3.8) is 0 Å². The van der Waals surface area contributed by atoms with E-state index in [2.05, 4.69) is 0 Å². The Hall–Kier alpha value is -0.0969. The SMILES string of the molecule is ClC(Cl)(c1ccccc1)c1ccccc1.[Zr]. The molecular weight excluding hydrogens is 318 g/mol. The molecule has 0 N–H and O–H groups in total. The summed E-state index contributed by atoms with van der Waals surface area (Å²) < 4.78 is -0.970. The molecule has 0 radical (unpaired) electrons. The third-order valence-electron chi connectivity index (χ3n) is 2.27. The van der Waals surface area contributed by atoms with Gasteiger partial charge in [0.05, 0.1) is 0 Å². The van der Waals surface area contributed by atoms with E-state index in [0.29, 0.717) is 0 Å². The van der Waals surface area contributed by atoms with Gasteiger partial charge in [-0.05, 0) is 11.1 Å². The fourth-order valence-electron chi connectivity index (χ4n) is 1.46. The molecule has 0 bridgehead atoms. The normalized spacial score (nSPS) is 10.6. The first-order valence-electron chi connectivity index (χ1n) is 4.70. The van der Waals surface area contributed by atoms with Gasteiger partial charge in [0, 0.05) is 26.2 Å². The van der Waals surface area contributed by atoms with Gasteiger partial charge in [-0.3, -0.25) is 0 Å². The summed E-state index contributed by atoms with van der Waals surface area (Å²) in [7, 11) is 0. The predicted molar refractivity (Wildman–Crippen MR) is 65.4 cm³/mol. The van der Waals surface area contributed by atoms with Crippen LogP contribution in [0.2, 0.25) is 0 Å². The molecular formula is C13H10Cl2Zr. The molecule has 0 aromatic heterocycles. The number of hydrogen-bond donors (Lipinski definition) is 0. The summed E-state index contributed by atoms with van der Waals surface area (Å²) in [5.41, 5.74) is 1.78. The van der Waals surface area contributed by atoms with E-state index in [0.717, 1.165) is 11.1 Å². The molecule has 0 spiro atoms.